The third-order valence-corrected chi connectivity index (χ3v) is 4.89. The third-order valence-electron chi connectivity index (χ3n) is 4.89. The fourth-order valence-corrected chi connectivity index (χ4v) is 3.93. The van der Waals surface area contributed by atoms with E-state index in [0.717, 1.165) is 19.3 Å². The molecule has 0 bridgehead atoms. The number of piperidine rings is 1. The van der Waals surface area contributed by atoms with E-state index in [1.807, 2.05) is 18.7 Å². The Hall–Kier alpha value is -1.10. The summed E-state index contributed by atoms with van der Waals surface area (Å²) in [7, 11) is 0. The minimum absolute atomic E-state index is 0.0510. The molecule has 1 saturated heterocycles. The maximum absolute atomic E-state index is 12.1. The number of likely N-dealkylation sites (N-methyl/N-ethyl adjacent to an activating group) is 1. The fraction of sp³-hybridized carbons (Fsp3) is 0.867. The Balaban J connectivity index is 2.20. The van der Waals surface area contributed by atoms with Crippen LogP contribution in [-0.2, 0) is 9.59 Å². The third kappa shape index (κ3) is 2.97. The van der Waals surface area contributed by atoms with Crippen LogP contribution < -0.4 is 5.32 Å². The molecule has 4 atom stereocenters. The van der Waals surface area contributed by atoms with Crippen LogP contribution in [0, 0.1) is 5.92 Å². The van der Waals surface area contributed by atoms with Crippen molar-refractivity contribution < 1.29 is 14.7 Å². The maximum atomic E-state index is 12.1. The lowest BCUT2D eigenvalue weighted by Gasteiger charge is -2.49. The van der Waals surface area contributed by atoms with E-state index in [0.29, 0.717) is 18.9 Å². The molecule has 20 heavy (non-hydrogen) atoms. The Morgan fingerprint density at radius 3 is 2.60 bits per heavy atom. The first-order chi connectivity index (χ1) is 9.56. The minimum Gasteiger partial charge on any atom is -0.480 e. The summed E-state index contributed by atoms with van der Waals surface area (Å²) < 4.78 is 0. The number of fused-ring (bicyclic) bond motifs is 1. The predicted octanol–water partition coefficient (Wildman–Crippen LogP) is 1.62. The van der Waals surface area contributed by atoms with Gasteiger partial charge >= 0.3 is 5.97 Å². The van der Waals surface area contributed by atoms with Crippen molar-refractivity contribution in [1.29, 1.82) is 0 Å². The summed E-state index contributed by atoms with van der Waals surface area (Å²) in [5.41, 5.74) is 0. The monoisotopic (exact) mass is 282 g/mol. The van der Waals surface area contributed by atoms with Crippen LogP contribution in [0.25, 0.3) is 0 Å². The lowest BCUT2D eigenvalue weighted by Crippen LogP contribution is -2.61. The summed E-state index contributed by atoms with van der Waals surface area (Å²) in [6.45, 7) is 4.32. The molecule has 2 aliphatic rings. The van der Waals surface area contributed by atoms with Crippen LogP contribution in [0.1, 0.15) is 52.4 Å². The standard InChI is InChI=1S/C15H26N2O3/c1-3-16-14(18)10(2)17-12-7-5-4-6-11(12)8-9-13(17)15(19)20/h10-13H,3-9H2,1-2H3,(H,16,18)(H,19,20). The number of carbonyl (C=O) groups is 2. The van der Waals surface area contributed by atoms with Crippen molar-refractivity contribution in [2.24, 2.45) is 5.92 Å². The van der Waals surface area contributed by atoms with Crippen LogP contribution in [0.3, 0.4) is 0 Å². The van der Waals surface area contributed by atoms with E-state index in [2.05, 4.69) is 5.32 Å². The van der Waals surface area contributed by atoms with E-state index >= 15 is 0 Å². The highest BCUT2D eigenvalue weighted by molar-refractivity contribution is 5.82. The Kier molecular flexibility index (Phi) is 5.02. The van der Waals surface area contributed by atoms with Crippen LogP contribution in [0.5, 0.6) is 0 Å². The first-order valence-corrected chi connectivity index (χ1v) is 7.84. The topological polar surface area (TPSA) is 69.6 Å². The van der Waals surface area contributed by atoms with Gasteiger partial charge in [0, 0.05) is 12.6 Å². The highest BCUT2D eigenvalue weighted by Crippen LogP contribution is 2.39. The first kappa shape index (κ1) is 15.3. The van der Waals surface area contributed by atoms with Crippen molar-refractivity contribution in [3.8, 4) is 0 Å². The molecule has 2 N–H and O–H groups in total. The van der Waals surface area contributed by atoms with Gasteiger partial charge < -0.3 is 10.4 Å². The molecule has 114 valence electrons. The molecule has 0 aromatic carbocycles. The lowest BCUT2D eigenvalue weighted by molar-refractivity contribution is -0.152. The molecule has 0 radical (unpaired) electrons. The predicted molar refractivity (Wildman–Crippen MR) is 76.4 cm³/mol. The Bertz CT molecular complexity index is 372. The number of rotatable bonds is 4. The maximum Gasteiger partial charge on any atom is 0.320 e. The van der Waals surface area contributed by atoms with E-state index in [1.165, 1.54) is 12.8 Å². The summed E-state index contributed by atoms with van der Waals surface area (Å²) in [5, 5.41) is 12.3. The molecule has 4 unspecified atom stereocenters. The molecule has 1 amide bonds. The smallest absolute Gasteiger partial charge is 0.320 e. The number of hydrogen-bond donors (Lipinski definition) is 2. The summed E-state index contributed by atoms with van der Waals surface area (Å²) >= 11 is 0. The number of aliphatic carboxylic acids is 1. The zero-order valence-corrected chi connectivity index (χ0v) is 12.5. The Labute approximate surface area is 120 Å². The molecule has 1 aliphatic heterocycles. The summed E-state index contributed by atoms with van der Waals surface area (Å²) in [6.07, 6.45) is 6.24. The molecule has 0 aromatic heterocycles. The molecule has 0 spiro atoms. The molecule has 2 fully saturated rings. The second kappa shape index (κ2) is 6.57. The van der Waals surface area contributed by atoms with E-state index in [1.54, 1.807) is 0 Å². The van der Waals surface area contributed by atoms with Gasteiger partial charge in [-0.15, -0.1) is 0 Å². The minimum atomic E-state index is -0.787. The van der Waals surface area contributed by atoms with Crippen molar-refractivity contribution in [2.45, 2.75) is 70.5 Å². The van der Waals surface area contributed by atoms with Crippen LogP contribution >= 0.6 is 0 Å². The van der Waals surface area contributed by atoms with Crippen LogP contribution in [0.4, 0.5) is 0 Å². The number of carboxylic acid groups (broad SMARTS) is 1. The van der Waals surface area contributed by atoms with E-state index < -0.39 is 12.0 Å². The van der Waals surface area contributed by atoms with E-state index in [9.17, 15) is 14.7 Å². The molecular formula is C15H26N2O3. The molecular weight excluding hydrogens is 256 g/mol. The normalized spacial score (nSPS) is 32.2. The zero-order valence-electron chi connectivity index (χ0n) is 12.5. The van der Waals surface area contributed by atoms with Gasteiger partial charge in [-0.2, -0.15) is 0 Å². The summed E-state index contributed by atoms with van der Waals surface area (Å²) in [5.74, 6) is -0.272. The average Bonchev–Trinajstić information content (AvgIpc) is 2.45. The molecule has 1 saturated carbocycles. The van der Waals surface area contributed by atoms with Gasteiger partial charge in [-0.3, -0.25) is 14.5 Å². The van der Waals surface area contributed by atoms with Gasteiger partial charge in [0.05, 0.1) is 6.04 Å². The molecule has 5 heteroatoms. The molecule has 1 aliphatic carbocycles. The number of nitrogens with zero attached hydrogens (tertiary/aromatic N) is 1. The number of hydrogen-bond acceptors (Lipinski definition) is 3. The van der Waals surface area contributed by atoms with E-state index in [4.69, 9.17) is 0 Å². The van der Waals surface area contributed by atoms with Gasteiger partial charge in [-0.1, -0.05) is 12.8 Å². The van der Waals surface area contributed by atoms with Crippen LogP contribution in [-0.4, -0.2) is 46.6 Å². The van der Waals surface area contributed by atoms with E-state index in [-0.39, 0.29) is 18.0 Å². The highest BCUT2D eigenvalue weighted by atomic mass is 16.4. The summed E-state index contributed by atoms with van der Waals surface area (Å²) in [6, 6.07) is -0.606. The SMILES string of the molecule is CCNC(=O)C(C)N1C(C(=O)O)CCC2CCCCC21. The molecule has 5 nitrogen and oxygen atoms in total. The number of carboxylic acids is 1. The second-order valence-electron chi connectivity index (χ2n) is 6.06. The quantitative estimate of drug-likeness (QED) is 0.822. The van der Waals surface area contributed by atoms with Crippen LogP contribution in [0.2, 0.25) is 0 Å². The van der Waals surface area contributed by atoms with Gasteiger partial charge in [0.1, 0.15) is 6.04 Å². The average molecular weight is 282 g/mol. The molecule has 1 heterocycles. The number of likely N-dealkylation sites (tertiary alicyclic amines) is 1. The van der Waals surface area contributed by atoms with Crippen molar-refractivity contribution >= 4 is 11.9 Å². The van der Waals surface area contributed by atoms with Gasteiger partial charge in [0.2, 0.25) is 5.91 Å². The zero-order chi connectivity index (χ0) is 14.7. The lowest BCUT2D eigenvalue weighted by atomic mass is 9.75. The first-order valence-electron chi connectivity index (χ1n) is 7.84. The number of amides is 1. The van der Waals surface area contributed by atoms with Crippen molar-refractivity contribution in [3.63, 3.8) is 0 Å². The summed E-state index contributed by atoms with van der Waals surface area (Å²) in [4.78, 5) is 25.7. The van der Waals surface area contributed by atoms with Crippen molar-refractivity contribution in [2.75, 3.05) is 6.54 Å². The second-order valence-corrected chi connectivity index (χ2v) is 6.06. The highest BCUT2D eigenvalue weighted by Gasteiger charge is 2.44. The van der Waals surface area contributed by atoms with Crippen molar-refractivity contribution in [3.05, 3.63) is 0 Å². The van der Waals surface area contributed by atoms with Crippen molar-refractivity contribution in [1.82, 2.24) is 10.2 Å². The number of nitrogens with one attached hydrogen (secondary N) is 1. The van der Waals surface area contributed by atoms with Gasteiger partial charge in [-0.25, -0.2) is 0 Å². The molecule has 2 rings (SSSR count). The largest absolute Gasteiger partial charge is 0.480 e. The fourth-order valence-electron chi connectivity index (χ4n) is 3.93. The number of carbonyl (C=O) groups excluding carboxylic acids is 1. The van der Waals surface area contributed by atoms with Gasteiger partial charge in [0.25, 0.3) is 0 Å². The Morgan fingerprint density at radius 1 is 1.25 bits per heavy atom. The molecule has 0 aromatic rings. The van der Waals surface area contributed by atoms with Gasteiger partial charge in [-0.05, 0) is 45.4 Å². The van der Waals surface area contributed by atoms with Gasteiger partial charge in [0.15, 0.2) is 0 Å². The Morgan fingerprint density at radius 2 is 1.95 bits per heavy atom. The van der Waals surface area contributed by atoms with Crippen LogP contribution in [0.15, 0.2) is 0 Å².